The Balaban J connectivity index is 1.71. The predicted octanol–water partition coefficient (Wildman–Crippen LogP) is 4.90. The third-order valence-electron chi connectivity index (χ3n) is 5.36. The summed E-state index contributed by atoms with van der Waals surface area (Å²) in [6, 6.07) is 12.6. The molecule has 0 atom stereocenters. The van der Waals surface area contributed by atoms with E-state index in [-0.39, 0.29) is 34.7 Å². The third kappa shape index (κ3) is 5.28. The Labute approximate surface area is 210 Å². The van der Waals surface area contributed by atoms with Crippen molar-refractivity contribution in [3.63, 3.8) is 0 Å². The molecule has 4 aromatic rings. The maximum atomic E-state index is 13.5. The first kappa shape index (κ1) is 25.1. The van der Waals surface area contributed by atoms with Crippen LogP contribution in [0.1, 0.15) is 42.7 Å². The molecule has 8 nitrogen and oxygen atoms in total. The van der Waals surface area contributed by atoms with E-state index in [2.05, 4.69) is 24.3 Å². The molecule has 36 heavy (non-hydrogen) atoms. The molecule has 186 valence electrons. The zero-order chi connectivity index (χ0) is 25.8. The number of hydrogen-bond acceptors (Lipinski definition) is 7. The summed E-state index contributed by atoms with van der Waals surface area (Å²) in [6.07, 6.45) is 0. The normalized spacial score (nSPS) is 11.0. The largest absolute Gasteiger partial charge is 0.484 e. The molecule has 1 N–H and O–H groups in total. The van der Waals surface area contributed by atoms with Crippen molar-refractivity contribution in [1.82, 2.24) is 9.78 Å². The Morgan fingerprint density at radius 1 is 1.11 bits per heavy atom. The van der Waals surface area contributed by atoms with Crippen molar-refractivity contribution >= 4 is 39.0 Å². The summed E-state index contributed by atoms with van der Waals surface area (Å²) in [5, 5.41) is 9.24. The van der Waals surface area contributed by atoms with Crippen LogP contribution in [0.5, 0.6) is 5.75 Å². The van der Waals surface area contributed by atoms with Gasteiger partial charge >= 0.3 is 5.97 Å². The maximum absolute atomic E-state index is 13.5. The molecule has 0 aliphatic rings. The van der Waals surface area contributed by atoms with Crippen molar-refractivity contribution in [2.45, 2.75) is 26.7 Å². The molecular formula is C26H24FN3O5S. The minimum Gasteiger partial charge on any atom is -0.484 e. The maximum Gasteiger partial charge on any atom is 0.359 e. The number of amides is 1. The lowest BCUT2D eigenvalue weighted by Gasteiger charge is -2.11. The average Bonchev–Trinajstić information content (AvgIpc) is 3.28. The SMILES string of the molecule is CCOC(=O)c1nn(-c2ccc(C(C)C)cc2)c(=O)c2c(NC(=O)COc3ccc(F)cc3)scc12. The number of benzene rings is 2. The Morgan fingerprint density at radius 2 is 1.81 bits per heavy atom. The molecule has 0 aliphatic heterocycles. The van der Waals surface area contributed by atoms with Crippen LogP contribution in [0.3, 0.4) is 0 Å². The second-order valence-electron chi connectivity index (χ2n) is 8.18. The van der Waals surface area contributed by atoms with Gasteiger partial charge in [-0.2, -0.15) is 9.78 Å². The van der Waals surface area contributed by atoms with Crippen LogP contribution in [-0.2, 0) is 9.53 Å². The van der Waals surface area contributed by atoms with Crippen LogP contribution in [0.4, 0.5) is 9.39 Å². The number of esters is 1. The first-order valence-corrected chi connectivity index (χ1v) is 12.2. The van der Waals surface area contributed by atoms with E-state index in [1.807, 2.05) is 12.1 Å². The van der Waals surface area contributed by atoms with Gasteiger partial charge in [0.1, 0.15) is 16.6 Å². The standard InChI is InChI=1S/C26H24FN3O5S/c1-4-34-26(33)23-20-14-36-24(28-21(31)13-35-19-11-7-17(27)8-12-19)22(20)25(32)30(29-23)18-9-5-16(6-10-18)15(2)3/h5-12,14-15H,4,13H2,1-3H3,(H,28,31). The van der Waals surface area contributed by atoms with Gasteiger partial charge in [-0.3, -0.25) is 9.59 Å². The molecule has 2 heterocycles. The van der Waals surface area contributed by atoms with Gasteiger partial charge < -0.3 is 14.8 Å². The zero-order valence-corrected chi connectivity index (χ0v) is 20.7. The van der Waals surface area contributed by atoms with E-state index in [4.69, 9.17) is 9.47 Å². The van der Waals surface area contributed by atoms with E-state index in [0.717, 1.165) is 21.6 Å². The molecule has 0 saturated carbocycles. The molecule has 0 fully saturated rings. The van der Waals surface area contributed by atoms with E-state index < -0.39 is 23.3 Å². The van der Waals surface area contributed by atoms with E-state index in [1.165, 1.54) is 24.3 Å². The molecule has 2 aromatic heterocycles. The summed E-state index contributed by atoms with van der Waals surface area (Å²) in [7, 11) is 0. The fourth-order valence-electron chi connectivity index (χ4n) is 3.51. The molecule has 0 saturated heterocycles. The van der Waals surface area contributed by atoms with Crippen LogP contribution >= 0.6 is 11.3 Å². The molecule has 0 aliphatic carbocycles. The monoisotopic (exact) mass is 509 g/mol. The average molecular weight is 510 g/mol. The number of aromatic nitrogens is 2. The summed E-state index contributed by atoms with van der Waals surface area (Å²) < 4.78 is 24.7. The van der Waals surface area contributed by atoms with Gasteiger partial charge in [0.15, 0.2) is 12.3 Å². The highest BCUT2D eigenvalue weighted by Crippen LogP contribution is 2.31. The van der Waals surface area contributed by atoms with Crippen LogP contribution in [0.15, 0.2) is 58.7 Å². The Kier molecular flexibility index (Phi) is 7.44. The van der Waals surface area contributed by atoms with Crippen LogP contribution in [0.2, 0.25) is 0 Å². The predicted molar refractivity (Wildman–Crippen MR) is 136 cm³/mol. The van der Waals surface area contributed by atoms with E-state index in [0.29, 0.717) is 17.4 Å². The van der Waals surface area contributed by atoms with E-state index >= 15 is 0 Å². The zero-order valence-electron chi connectivity index (χ0n) is 19.9. The summed E-state index contributed by atoms with van der Waals surface area (Å²) >= 11 is 1.09. The van der Waals surface area contributed by atoms with Gasteiger partial charge in [0.05, 0.1) is 17.7 Å². The summed E-state index contributed by atoms with van der Waals surface area (Å²) in [5.74, 6) is -0.992. The molecule has 1 amide bonds. The topological polar surface area (TPSA) is 99.5 Å². The molecule has 0 radical (unpaired) electrons. The number of carbonyl (C=O) groups is 2. The molecule has 0 bridgehead atoms. The number of carbonyl (C=O) groups excluding carboxylic acids is 2. The molecular weight excluding hydrogens is 485 g/mol. The summed E-state index contributed by atoms with van der Waals surface area (Å²) in [5.41, 5.74) is 1.04. The van der Waals surface area contributed by atoms with Crippen molar-refractivity contribution in [3.8, 4) is 11.4 Å². The third-order valence-corrected chi connectivity index (χ3v) is 6.26. The first-order chi connectivity index (χ1) is 17.3. The molecule has 0 unspecified atom stereocenters. The lowest BCUT2D eigenvalue weighted by molar-refractivity contribution is -0.118. The smallest absolute Gasteiger partial charge is 0.359 e. The van der Waals surface area contributed by atoms with Gasteiger partial charge in [0.2, 0.25) is 0 Å². The Bertz CT molecular complexity index is 1460. The van der Waals surface area contributed by atoms with E-state index in [9.17, 15) is 18.8 Å². The molecule has 10 heteroatoms. The minimum absolute atomic E-state index is 0.0290. The minimum atomic E-state index is -0.676. The van der Waals surface area contributed by atoms with Crippen LogP contribution in [0, 0.1) is 5.82 Å². The fraction of sp³-hybridized carbons (Fsp3) is 0.231. The van der Waals surface area contributed by atoms with Crippen molar-refractivity contribution in [3.05, 3.63) is 81.3 Å². The fourth-order valence-corrected chi connectivity index (χ4v) is 4.46. The number of anilines is 1. The number of rotatable bonds is 8. The van der Waals surface area contributed by atoms with Gasteiger partial charge in [-0.25, -0.2) is 9.18 Å². The number of halogens is 1. The lowest BCUT2D eigenvalue weighted by Crippen LogP contribution is -2.26. The van der Waals surface area contributed by atoms with Gasteiger partial charge in [0, 0.05) is 10.8 Å². The number of nitrogens with zero attached hydrogens (tertiary/aromatic N) is 2. The Hall–Kier alpha value is -4.05. The van der Waals surface area contributed by atoms with Crippen molar-refractivity contribution in [1.29, 1.82) is 0 Å². The second kappa shape index (κ2) is 10.7. The highest BCUT2D eigenvalue weighted by Gasteiger charge is 2.23. The lowest BCUT2D eigenvalue weighted by atomic mass is 10.0. The summed E-state index contributed by atoms with van der Waals surface area (Å²) in [6.45, 7) is 5.58. The highest BCUT2D eigenvalue weighted by atomic mass is 32.1. The van der Waals surface area contributed by atoms with E-state index in [1.54, 1.807) is 24.4 Å². The van der Waals surface area contributed by atoms with Crippen LogP contribution in [0.25, 0.3) is 16.5 Å². The quantitative estimate of drug-likeness (QED) is 0.339. The van der Waals surface area contributed by atoms with Crippen molar-refractivity contribution < 1.29 is 23.5 Å². The molecule has 0 spiro atoms. The number of fused-ring (bicyclic) bond motifs is 1. The van der Waals surface area contributed by atoms with Crippen LogP contribution in [-0.4, -0.2) is 34.9 Å². The highest BCUT2D eigenvalue weighted by molar-refractivity contribution is 7.16. The molecule has 2 aromatic carbocycles. The van der Waals surface area contributed by atoms with Gasteiger partial charge in [-0.15, -0.1) is 11.3 Å². The second-order valence-corrected chi connectivity index (χ2v) is 9.06. The van der Waals surface area contributed by atoms with Crippen molar-refractivity contribution in [2.75, 3.05) is 18.5 Å². The van der Waals surface area contributed by atoms with Gasteiger partial charge in [-0.05, 0) is 54.8 Å². The number of hydrogen-bond donors (Lipinski definition) is 1. The summed E-state index contributed by atoms with van der Waals surface area (Å²) in [4.78, 5) is 38.7. The van der Waals surface area contributed by atoms with Crippen LogP contribution < -0.4 is 15.6 Å². The molecule has 4 rings (SSSR count). The number of ether oxygens (including phenoxy) is 2. The first-order valence-electron chi connectivity index (χ1n) is 11.3. The van der Waals surface area contributed by atoms with Gasteiger partial charge in [-0.1, -0.05) is 26.0 Å². The number of thiophene rings is 1. The Morgan fingerprint density at radius 3 is 2.44 bits per heavy atom. The van der Waals surface area contributed by atoms with Crippen molar-refractivity contribution in [2.24, 2.45) is 0 Å². The van der Waals surface area contributed by atoms with Gasteiger partial charge in [0.25, 0.3) is 11.5 Å². The number of nitrogens with one attached hydrogen (secondary N) is 1.